The summed E-state index contributed by atoms with van der Waals surface area (Å²) in [6.07, 6.45) is 4.01. The highest BCUT2D eigenvalue weighted by molar-refractivity contribution is 5.80. The molecule has 0 amide bonds. The average molecular weight is 155 g/mol. The van der Waals surface area contributed by atoms with Gasteiger partial charge in [-0.2, -0.15) is 0 Å². The van der Waals surface area contributed by atoms with E-state index in [1.54, 1.807) is 0 Å². The van der Waals surface area contributed by atoms with Crippen LogP contribution in [-0.4, -0.2) is 17.9 Å². The molecule has 2 unspecified atom stereocenters. The van der Waals surface area contributed by atoms with Crippen molar-refractivity contribution in [2.24, 2.45) is 0 Å². The van der Waals surface area contributed by atoms with Gasteiger partial charge < -0.3 is 5.32 Å². The fourth-order valence-corrected chi connectivity index (χ4v) is 1.86. The first-order chi connectivity index (χ1) is 5.34. The lowest BCUT2D eigenvalue weighted by Gasteiger charge is -2.18. The summed E-state index contributed by atoms with van der Waals surface area (Å²) in [6, 6.07) is 1.08. The largest absolute Gasteiger partial charge is 0.310 e. The van der Waals surface area contributed by atoms with Gasteiger partial charge in [0, 0.05) is 24.9 Å². The number of Topliss-reactive ketones (excluding diaryl/α,β-unsaturated/α-hetero) is 1. The van der Waals surface area contributed by atoms with Crippen LogP contribution in [0.3, 0.4) is 0 Å². The van der Waals surface area contributed by atoms with Gasteiger partial charge in [-0.15, -0.1) is 0 Å². The van der Waals surface area contributed by atoms with Gasteiger partial charge in [-0.05, 0) is 12.8 Å². The zero-order valence-electron chi connectivity index (χ0n) is 7.39. The molecule has 2 aliphatic rings. The van der Waals surface area contributed by atoms with Gasteiger partial charge in [0.2, 0.25) is 0 Å². The number of rotatable bonds is 0. The summed E-state index contributed by atoms with van der Waals surface area (Å²) in [7, 11) is 0. The third kappa shape index (κ3) is 2.03. The number of piperidine rings is 1. The first-order valence-corrected chi connectivity index (χ1v) is 4.62. The van der Waals surface area contributed by atoms with E-state index < -0.39 is 0 Å². The summed E-state index contributed by atoms with van der Waals surface area (Å²) in [5, 5.41) is 3.40. The average Bonchev–Trinajstić information content (AvgIpc) is 2.35. The van der Waals surface area contributed by atoms with Gasteiger partial charge in [0.15, 0.2) is 0 Å². The number of nitrogens with one attached hydrogen (secondary N) is 1. The molecule has 2 rings (SSSR count). The Morgan fingerprint density at radius 3 is 2.09 bits per heavy atom. The highest BCUT2D eigenvalue weighted by Crippen LogP contribution is 2.23. The molecule has 0 aliphatic carbocycles. The second kappa shape index (κ2) is 3.86. The molecule has 0 saturated carbocycles. The van der Waals surface area contributed by atoms with Crippen molar-refractivity contribution in [3.8, 4) is 0 Å². The van der Waals surface area contributed by atoms with E-state index in [2.05, 4.69) is 5.32 Å². The van der Waals surface area contributed by atoms with Crippen molar-refractivity contribution in [1.82, 2.24) is 5.32 Å². The Bertz CT molecular complexity index is 130. The molecule has 0 aromatic heterocycles. The molecule has 0 radical (unpaired) electrons. The summed E-state index contributed by atoms with van der Waals surface area (Å²) in [5.74, 6) is 0.459. The molecule has 2 nitrogen and oxygen atoms in total. The minimum absolute atomic E-state index is 0.459. The van der Waals surface area contributed by atoms with Crippen molar-refractivity contribution in [3.05, 3.63) is 0 Å². The van der Waals surface area contributed by atoms with Gasteiger partial charge in [0.25, 0.3) is 0 Å². The standard InChI is InChI=1S/C7H11NO.C2H6/c9-7-3-5-1-2-6(4-7)8-5;1-2/h5-6,8H,1-4H2;1-2H3. The number of hydrogen-bond acceptors (Lipinski definition) is 2. The highest BCUT2D eigenvalue weighted by atomic mass is 16.1. The predicted molar refractivity (Wildman–Crippen MR) is 45.5 cm³/mol. The Balaban J connectivity index is 0.000000281. The molecule has 2 atom stereocenters. The molecule has 0 aromatic rings. The summed E-state index contributed by atoms with van der Waals surface area (Å²) >= 11 is 0. The smallest absolute Gasteiger partial charge is 0.136 e. The first kappa shape index (κ1) is 8.72. The zero-order valence-corrected chi connectivity index (χ0v) is 7.39. The summed E-state index contributed by atoms with van der Waals surface area (Å²) in [4.78, 5) is 10.9. The number of hydrogen-bond donors (Lipinski definition) is 1. The quantitative estimate of drug-likeness (QED) is 0.574. The lowest BCUT2D eigenvalue weighted by atomic mass is 10.1. The van der Waals surface area contributed by atoms with E-state index in [4.69, 9.17) is 0 Å². The van der Waals surface area contributed by atoms with Crippen molar-refractivity contribution in [1.29, 1.82) is 0 Å². The first-order valence-electron chi connectivity index (χ1n) is 4.62. The van der Waals surface area contributed by atoms with Gasteiger partial charge in [-0.1, -0.05) is 13.8 Å². The molecule has 1 N–H and O–H groups in total. The van der Waals surface area contributed by atoms with Crippen LogP contribution < -0.4 is 5.32 Å². The molecular formula is C9H17NO. The summed E-state index contributed by atoms with van der Waals surface area (Å²) < 4.78 is 0. The van der Waals surface area contributed by atoms with Crippen LogP contribution in [0.2, 0.25) is 0 Å². The van der Waals surface area contributed by atoms with Crippen LogP contribution in [0.5, 0.6) is 0 Å². The molecule has 2 saturated heterocycles. The third-order valence-electron chi connectivity index (χ3n) is 2.28. The second-order valence-corrected chi connectivity index (χ2v) is 3.08. The highest BCUT2D eigenvalue weighted by Gasteiger charge is 2.31. The number of ketones is 1. The molecule has 2 fully saturated rings. The fourth-order valence-electron chi connectivity index (χ4n) is 1.86. The van der Waals surface area contributed by atoms with Gasteiger partial charge in [-0.3, -0.25) is 4.79 Å². The van der Waals surface area contributed by atoms with Crippen LogP contribution in [0.4, 0.5) is 0 Å². The molecule has 11 heavy (non-hydrogen) atoms. The van der Waals surface area contributed by atoms with Crippen LogP contribution in [0, 0.1) is 0 Å². The number of carbonyl (C=O) groups excluding carboxylic acids is 1. The van der Waals surface area contributed by atoms with Crippen LogP contribution in [0.1, 0.15) is 39.5 Å². The molecule has 2 heterocycles. The maximum atomic E-state index is 10.9. The van der Waals surface area contributed by atoms with E-state index in [-0.39, 0.29) is 0 Å². The lowest BCUT2D eigenvalue weighted by Crippen LogP contribution is -2.38. The van der Waals surface area contributed by atoms with Crippen molar-refractivity contribution in [2.75, 3.05) is 0 Å². The minimum Gasteiger partial charge on any atom is -0.310 e. The normalized spacial score (nSPS) is 34.5. The minimum atomic E-state index is 0.459. The maximum absolute atomic E-state index is 10.9. The topological polar surface area (TPSA) is 29.1 Å². The van der Waals surface area contributed by atoms with E-state index >= 15 is 0 Å². The monoisotopic (exact) mass is 155 g/mol. The summed E-state index contributed by atoms with van der Waals surface area (Å²) in [6.45, 7) is 4.00. The number of carbonyl (C=O) groups is 1. The molecule has 64 valence electrons. The fraction of sp³-hybridized carbons (Fsp3) is 0.889. The predicted octanol–water partition coefficient (Wildman–Crippen LogP) is 1.50. The molecule has 0 spiro atoms. The van der Waals surface area contributed by atoms with Gasteiger partial charge in [0.1, 0.15) is 5.78 Å². The maximum Gasteiger partial charge on any atom is 0.136 e. The van der Waals surface area contributed by atoms with E-state index in [0.29, 0.717) is 17.9 Å². The van der Waals surface area contributed by atoms with E-state index in [1.165, 1.54) is 12.8 Å². The van der Waals surface area contributed by atoms with E-state index in [1.807, 2.05) is 13.8 Å². The Labute approximate surface area is 68.4 Å². The van der Waals surface area contributed by atoms with Crippen LogP contribution >= 0.6 is 0 Å². The van der Waals surface area contributed by atoms with Gasteiger partial charge >= 0.3 is 0 Å². The van der Waals surface area contributed by atoms with Gasteiger partial charge in [-0.25, -0.2) is 0 Å². The van der Waals surface area contributed by atoms with Crippen molar-refractivity contribution in [3.63, 3.8) is 0 Å². The van der Waals surface area contributed by atoms with Gasteiger partial charge in [0.05, 0.1) is 0 Å². The van der Waals surface area contributed by atoms with Crippen LogP contribution in [0.15, 0.2) is 0 Å². The Kier molecular flexibility index (Phi) is 3.06. The van der Waals surface area contributed by atoms with Crippen molar-refractivity contribution in [2.45, 2.75) is 51.6 Å². The molecular weight excluding hydrogens is 138 g/mol. The molecule has 2 bridgehead atoms. The van der Waals surface area contributed by atoms with E-state index in [9.17, 15) is 4.79 Å². The third-order valence-corrected chi connectivity index (χ3v) is 2.28. The lowest BCUT2D eigenvalue weighted by molar-refractivity contribution is -0.120. The Morgan fingerprint density at radius 2 is 1.64 bits per heavy atom. The van der Waals surface area contributed by atoms with Crippen molar-refractivity contribution < 1.29 is 4.79 Å². The van der Waals surface area contributed by atoms with Crippen LogP contribution in [0.25, 0.3) is 0 Å². The Hall–Kier alpha value is -0.370. The second-order valence-electron chi connectivity index (χ2n) is 3.08. The van der Waals surface area contributed by atoms with Crippen molar-refractivity contribution >= 4 is 5.78 Å². The SMILES string of the molecule is CC.O=C1CC2CCC(C1)N2. The Morgan fingerprint density at radius 1 is 1.18 bits per heavy atom. The summed E-state index contributed by atoms with van der Waals surface area (Å²) in [5.41, 5.74) is 0. The van der Waals surface area contributed by atoms with Crippen LogP contribution in [-0.2, 0) is 4.79 Å². The molecule has 2 heteroatoms. The molecule has 2 aliphatic heterocycles. The zero-order chi connectivity index (χ0) is 8.27. The number of fused-ring (bicyclic) bond motifs is 2. The molecule has 0 aromatic carbocycles. The van der Waals surface area contributed by atoms with E-state index in [0.717, 1.165) is 12.8 Å².